The third-order valence-electron chi connectivity index (χ3n) is 5.67. The number of ether oxygens (including phenoxy) is 2. The number of methoxy groups -OCH3 is 1. The summed E-state index contributed by atoms with van der Waals surface area (Å²) in [4.78, 5) is 21.6. The smallest absolute Gasteiger partial charge is 0.410 e. The van der Waals surface area contributed by atoms with Crippen LogP contribution in [0.1, 0.15) is 33.3 Å². The van der Waals surface area contributed by atoms with E-state index in [0.717, 1.165) is 22.7 Å². The van der Waals surface area contributed by atoms with E-state index in [2.05, 4.69) is 34.6 Å². The van der Waals surface area contributed by atoms with E-state index < -0.39 is 5.60 Å². The lowest BCUT2D eigenvalue weighted by molar-refractivity contribution is 0.0218. The van der Waals surface area contributed by atoms with Gasteiger partial charge in [-0.3, -0.25) is 0 Å². The number of hydrogen-bond acceptors (Lipinski definition) is 5. The number of rotatable bonds is 4. The monoisotopic (exact) mass is 436 g/mol. The molecule has 0 aliphatic carbocycles. The summed E-state index contributed by atoms with van der Waals surface area (Å²) in [5, 5.41) is 0. The van der Waals surface area contributed by atoms with Crippen molar-refractivity contribution >= 4 is 23.1 Å². The van der Waals surface area contributed by atoms with Crippen LogP contribution in [0.3, 0.4) is 0 Å². The minimum atomic E-state index is -0.496. The Morgan fingerprint density at radius 1 is 1.09 bits per heavy atom. The Kier molecular flexibility index (Phi) is 6.00. The van der Waals surface area contributed by atoms with Gasteiger partial charge in [0.1, 0.15) is 11.4 Å². The second-order valence-corrected chi connectivity index (χ2v) is 9.30. The molecular formula is C25H32N4O3. The van der Waals surface area contributed by atoms with Gasteiger partial charge in [0.25, 0.3) is 0 Å². The van der Waals surface area contributed by atoms with Crippen molar-refractivity contribution in [1.29, 1.82) is 0 Å². The quantitative estimate of drug-likeness (QED) is 0.601. The molecule has 1 aliphatic heterocycles. The van der Waals surface area contributed by atoms with Gasteiger partial charge >= 0.3 is 6.09 Å². The lowest BCUT2D eigenvalue weighted by Gasteiger charge is -2.40. The maximum atomic E-state index is 12.6. The molecule has 0 radical (unpaired) electrons. The average Bonchev–Trinajstić information content (AvgIpc) is 3.11. The fourth-order valence-electron chi connectivity index (χ4n) is 4.10. The molecule has 32 heavy (non-hydrogen) atoms. The van der Waals surface area contributed by atoms with Crippen LogP contribution in [0.2, 0.25) is 0 Å². The van der Waals surface area contributed by atoms with Gasteiger partial charge in [-0.15, -0.1) is 0 Å². The van der Waals surface area contributed by atoms with Gasteiger partial charge in [0.2, 0.25) is 5.95 Å². The molecule has 0 bridgehead atoms. The molecule has 7 heteroatoms. The van der Waals surface area contributed by atoms with Crippen molar-refractivity contribution in [2.75, 3.05) is 31.6 Å². The summed E-state index contributed by atoms with van der Waals surface area (Å²) < 4.78 is 13.1. The summed E-state index contributed by atoms with van der Waals surface area (Å²) in [6, 6.07) is 16.5. The van der Waals surface area contributed by atoms with Crippen LogP contribution in [0.5, 0.6) is 5.75 Å². The molecule has 0 N–H and O–H groups in total. The Morgan fingerprint density at radius 2 is 1.81 bits per heavy atom. The van der Waals surface area contributed by atoms with Crippen LogP contribution >= 0.6 is 0 Å². The van der Waals surface area contributed by atoms with Gasteiger partial charge in [0.15, 0.2) is 0 Å². The molecule has 7 nitrogen and oxygen atoms in total. The number of anilines is 1. The maximum absolute atomic E-state index is 12.6. The van der Waals surface area contributed by atoms with Crippen LogP contribution in [0.15, 0.2) is 48.5 Å². The summed E-state index contributed by atoms with van der Waals surface area (Å²) in [6.07, 6.45) is -0.254. The topological polar surface area (TPSA) is 59.8 Å². The van der Waals surface area contributed by atoms with Gasteiger partial charge in [0.05, 0.1) is 24.7 Å². The molecule has 2 heterocycles. The normalized spacial score (nSPS) is 17.0. The zero-order chi connectivity index (χ0) is 22.9. The lowest BCUT2D eigenvalue weighted by Crippen LogP contribution is -2.55. The number of amides is 1. The molecule has 1 saturated heterocycles. The average molecular weight is 437 g/mol. The largest absolute Gasteiger partial charge is 0.497 e. The van der Waals surface area contributed by atoms with Crippen molar-refractivity contribution in [3.8, 4) is 5.75 Å². The highest BCUT2D eigenvalue weighted by atomic mass is 16.6. The Balaban J connectivity index is 1.60. The first-order valence-electron chi connectivity index (χ1n) is 11.1. The van der Waals surface area contributed by atoms with Gasteiger partial charge in [-0.1, -0.05) is 24.3 Å². The van der Waals surface area contributed by atoms with Crippen LogP contribution in [0.4, 0.5) is 10.7 Å². The van der Waals surface area contributed by atoms with Gasteiger partial charge in [0, 0.05) is 25.7 Å². The molecule has 1 fully saturated rings. The molecule has 1 aliphatic rings. The number of imidazole rings is 1. The summed E-state index contributed by atoms with van der Waals surface area (Å²) in [5.41, 5.74) is 2.75. The predicted molar refractivity (Wildman–Crippen MR) is 126 cm³/mol. The Morgan fingerprint density at radius 3 is 2.47 bits per heavy atom. The van der Waals surface area contributed by atoms with Crippen molar-refractivity contribution in [2.24, 2.45) is 0 Å². The van der Waals surface area contributed by atoms with Crippen molar-refractivity contribution in [3.05, 3.63) is 54.1 Å². The Bertz CT molecular complexity index is 1080. The predicted octanol–water partition coefficient (Wildman–Crippen LogP) is 4.54. The number of carbonyl (C=O) groups excluding carboxylic acids is 1. The Hall–Kier alpha value is -3.22. The van der Waals surface area contributed by atoms with Gasteiger partial charge in [-0.2, -0.15) is 0 Å². The zero-order valence-corrected chi connectivity index (χ0v) is 19.5. The first-order chi connectivity index (χ1) is 15.2. The summed E-state index contributed by atoms with van der Waals surface area (Å²) in [7, 11) is 1.68. The number of hydrogen-bond donors (Lipinski definition) is 0. The second kappa shape index (κ2) is 8.73. The highest BCUT2D eigenvalue weighted by Crippen LogP contribution is 2.28. The van der Waals surface area contributed by atoms with E-state index in [1.54, 1.807) is 12.0 Å². The van der Waals surface area contributed by atoms with Gasteiger partial charge in [-0.05, 0) is 57.5 Å². The molecule has 3 aromatic rings. The van der Waals surface area contributed by atoms with E-state index >= 15 is 0 Å². The summed E-state index contributed by atoms with van der Waals surface area (Å²) in [6.45, 7) is 10.4. The van der Waals surface area contributed by atoms with Crippen LogP contribution in [-0.4, -0.2) is 58.9 Å². The van der Waals surface area contributed by atoms with Crippen LogP contribution in [0, 0.1) is 0 Å². The van der Waals surface area contributed by atoms with Crippen molar-refractivity contribution in [2.45, 2.75) is 45.9 Å². The second-order valence-electron chi connectivity index (χ2n) is 9.30. The van der Waals surface area contributed by atoms with E-state index in [4.69, 9.17) is 14.5 Å². The number of aromatic nitrogens is 2. The summed E-state index contributed by atoms with van der Waals surface area (Å²) in [5.74, 6) is 1.77. The number of piperazine rings is 1. The van der Waals surface area contributed by atoms with Crippen LogP contribution < -0.4 is 9.64 Å². The number of fused-ring (bicyclic) bond motifs is 1. The van der Waals surface area contributed by atoms with Crippen molar-refractivity contribution < 1.29 is 14.3 Å². The standard InChI is InChI=1S/C25H32N4O3/c1-18-16-27(24(30)32-25(2,3)4)14-15-28(18)23-26-21-8-6-7-9-22(21)29(23)17-19-10-12-20(31-5)13-11-19/h6-13,18H,14-17H2,1-5H3. The minimum absolute atomic E-state index is 0.114. The molecule has 1 amide bonds. The highest BCUT2D eigenvalue weighted by molar-refractivity contribution is 5.79. The molecule has 1 aromatic heterocycles. The van der Waals surface area contributed by atoms with Crippen molar-refractivity contribution in [3.63, 3.8) is 0 Å². The molecule has 1 unspecified atom stereocenters. The SMILES string of the molecule is COc1ccc(Cn2c(N3CCN(C(=O)OC(C)(C)C)CC3C)nc3ccccc32)cc1. The van der Waals surface area contributed by atoms with E-state index in [9.17, 15) is 4.79 Å². The van der Waals surface area contributed by atoms with Gasteiger partial charge in [-0.25, -0.2) is 9.78 Å². The number of carbonyl (C=O) groups is 1. The van der Waals surface area contributed by atoms with Crippen molar-refractivity contribution in [1.82, 2.24) is 14.5 Å². The van der Waals surface area contributed by atoms with E-state index in [1.807, 2.05) is 51.1 Å². The third kappa shape index (κ3) is 4.66. The number of benzene rings is 2. The number of nitrogens with zero attached hydrogens (tertiary/aromatic N) is 4. The van der Waals surface area contributed by atoms with E-state index in [0.29, 0.717) is 26.2 Å². The third-order valence-corrected chi connectivity index (χ3v) is 5.67. The lowest BCUT2D eigenvalue weighted by atomic mass is 10.2. The summed E-state index contributed by atoms with van der Waals surface area (Å²) >= 11 is 0. The number of para-hydroxylation sites is 2. The zero-order valence-electron chi connectivity index (χ0n) is 19.5. The van der Waals surface area contributed by atoms with E-state index in [1.165, 1.54) is 5.56 Å². The molecule has 2 aromatic carbocycles. The van der Waals surface area contributed by atoms with Gasteiger partial charge < -0.3 is 23.8 Å². The Labute approximate surface area is 189 Å². The first-order valence-corrected chi connectivity index (χ1v) is 11.1. The van der Waals surface area contributed by atoms with E-state index in [-0.39, 0.29) is 12.1 Å². The fraction of sp³-hybridized carbons (Fsp3) is 0.440. The molecular weight excluding hydrogens is 404 g/mol. The van der Waals surface area contributed by atoms with Crippen LogP contribution in [0.25, 0.3) is 11.0 Å². The van der Waals surface area contributed by atoms with Crippen LogP contribution in [-0.2, 0) is 11.3 Å². The maximum Gasteiger partial charge on any atom is 0.410 e. The molecule has 4 rings (SSSR count). The molecule has 1 atom stereocenters. The molecule has 170 valence electrons. The molecule has 0 saturated carbocycles. The first kappa shape index (κ1) is 22.0. The fourth-order valence-corrected chi connectivity index (χ4v) is 4.10. The highest BCUT2D eigenvalue weighted by Gasteiger charge is 2.32. The minimum Gasteiger partial charge on any atom is -0.497 e. The molecule has 0 spiro atoms.